The van der Waals surface area contributed by atoms with Gasteiger partial charge in [-0.05, 0) is 37.5 Å². The van der Waals surface area contributed by atoms with Gasteiger partial charge in [0.05, 0.1) is 0 Å². The van der Waals surface area contributed by atoms with E-state index < -0.39 is 0 Å². The van der Waals surface area contributed by atoms with Crippen molar-refractivity contribution in [3.05, 3.63) is 46.5 Å². The van der Waals surface area contributed by atoms with Gasteiger partial charge in [-0.3, -0.25) is 4.79 Å². The lowest BCUT2D eigenvalue weighted by molar-refractivity contribution is 0.0706. The Kier molecular flexibility index (Phi) is 4.81. The van der Waals surface area contributed by atoms with E-state index in [2.05, 4.69) is 22.5 Å². The molecular formula is C16H20BrNO. The van der Waals surface area contributed by atoms with Gasteiger partial charge in [0.25, 0.3) is 5.91 Å². The third kappa shape index (κ3) is 3.27. The average Bonchev–Trinajstić information content (AvgIpc) is 2.92. The molecular weight excluding hydrogens is 302 g/mol. The van der Waals surface area contributed by atoms with Gasteiger partial charge in [-0.25, -0.2) is 0 Å². The fourth-order valence-corrected chi connectivity index (χ4v) is 3.02. The van der Waals surface area contributed by atoms with Crippen LogP contribution >= 0.6 is 15.9 Å². The van der Waals surface area contributed by atoms with Crippen molar-refractivity contribution in [2.24, 2.45) is 0 Å². The molecule has 0 saturated heterocycles. The molecule has 1 aliphatic rings. The fraction of sp³-hybridized carbons (Fsp3) is 0.438. The van der Waals surface area contributed by atoms with Crippen molar-refractivity contribution >= 4 is 21.8 Å². The van der Waals surface area contributed by atoms with Crippen molar-refractivity contribution < 1.29 is 4.79 Å². The molecule has 1 aliphatic carbocycles. The molecule has 0 heterocycles. The summed E-state index contributed by atoms with van der Waals surface area (Å²) in [5, 5.41) is 0. The summed E-state index contributed by atoms with van der Waals surface area (Å²) in [4.78, 5) is 14.6. The van der Waals surface area contributed by atoms with Gasteiger partial charge in [0.15, 0.2) is 0 Å². The molecule has 2 nitrogen and oxygen atoms in total. The van der Waals surface area contributed by atoms with E-state index >= 15 is 0 Å². The molecule has 1 amide bonds. The zero-order valence-electron chi connectivity index (χ0n) is 11.4. The zero-order chi connectivity index (χ0) is 13.8. The lowest BCUT2D eigenvalue weighted by atomic mass is 10.1. The van der Waals surface area contributed by atoms with E-state index in [9.17, 15) is 4.79 Å². The van der Waals surface area contributed by atoms with Crippen LogP contribution in [0.25, 0.3) is 0 Å². The molecule has 0 N–H and O–H groups in total. The highest BCUT2D eigenvalue weighted by Crippen LogP contribution is 2.26. The largest absolute Gasteiger partial charge is 0.332 e. The van der Waals surface area contributed by atoms with E-state index in [0.29, 0.717) is 12.6 Å². The van der Waals surface area contributed by atoms with Crippen molar-refractivity contribution in [3.63, 3.8) is 0 Å². The number of carbonyl (C=O) groups is 1. The zero-order valence-corrected chi connectivity index (χ0v) is 12.9. The van der Waals surface area contributed by atoms with E-state index in [-0.39, 0.29) is 5.91 Å². The van der Waals surface area contributed by atoms with Crippen LogP contribution in [0.1, 0.15) is 41.6 Å². The Balaban J connectivity index is 2.22. The highest BCUT2D eigenvalue weighted by atomic mass is 79.9. The van der Waals surface area contributed by atoms with Gasteiger partial charge < -0.3 is 4.90 Å². The van der Waals surface area contributed by atoms with E-state index in [1.807, 2.05) is 36.1 Å². The summed E-state index contributed by atoms with van der Waals surface area (Å²) < 4.78 is 0.989. The first-order valence-electron chi connectivity index (χ1n) is 6.81. The summed E-state index contributed by atoms with van der Waals surface area (Å²) in [6.07, 6.45) is 6.51. The molecule has 0 aromatic heterocycles. The minimum absolute atomic E-state index is 0.118. The molecule has 0 radical (unpaired) electrons. The SMILES string of the molecule is C=CCN(C(=O)c1ccc(C)c(Br)c1)C1CCCC1. The van der Waals surface area contributed by atoms with Crippen molar-refractivity contribution in [1.29, 1.82) is 0 Å². The van der Waals surface area contributed by atoms with Gasteiger partial charge in [-0.1, -0.05) is 40.9 Å². The third-order valence-corrected chi connectivity index (χ3v) is 4.63. The molecule has 0 bridgehead atoms. The predicted octanol–water partition coefficient (Wildman–Crippen LogP) is 4.33. The molecule has 19 heavy (non-hydrogen) atoms. The predicted molar refractivity (Wildman–Crippen MR) is 82.4 cm³/mol. The number of halogens is 1. The number of carbonyl (C=O) groups excluding carboxylic acids is 1. The van der Waals surface area contributed by atoms with E-state index in [1.165, 1.54) is 12.8 Å². The van der Waals surface area contributed by atoms with Gasteiger partial charge in [0.1, 0.15) is 0 Å². The molecule has 102 valence electrons. The quantitative estimate of drug-likeness (QED) is 0.756. The van der Waals surface area contributed by atoms with E-state index in [0.717, 1.165) is 28.4 Å². The van der Waals surface area contributed by atoms with E-state index in [4.69, 9.17) is 0 Å². The minimum Gasteiger partial charge on any atom is -0.332 e. The number of hydrogen-bond acceptors (Lipinski definition) is 1. The summed E-state index contributed by atoms with van der Waals surface area (Å²) in [5.74, 6) is 0.118. The Morgan fingerprint density at radius 3 is 2.74 bits per heavy atom. The Bertz CT molecular complexity index is 478. The maximum atomic E-state index is 12.6. The second-order valence-corrected chi connectivity index (χ2v) is 6.00. The first kappa shape index (κ1) is 14.3. The molecule has 0 spiro atoms. The van der Waals surface area contributed by atoms with Gasteiger partial charge in [-0.2, -0.15) is 0 Å². The summed E-state index contributed by atoms with van der Waals surface area (Å²) in [6, 6.07) is 6.19. The Morgan fingerprint density at radius 1 is 1.47 bits per heavy atom. The number of nitrogens with zero attached hydrogens (tertiary/aromatic N) is 1. The summed E-state index contributed by atoms with van der Waals surface area (Å²) in [7, 11) is 0. The Labute approximate surface area is 123 Å². The molecule has 1 aromatic rings. The maximum Gasteiger partial charge on any atom is 0.254 e. The highest BCUT2D eigenvalue weighted by Gasteiger charge is 2.26. The molecule has 1 aromatic carbocycles. The third-order valence-electron chi connectivity index (χ3n) is 3.77. The maximum absolute atomic E-state index is 12.6. The summed E-state index contributed by atoms with van der Waals surface area (Å²) >= 11 is 3.50. The average molecular weight is 322 g/mol. The number of aryl methyl sites for hydroxylation is 1. The summed E-state index contributed by atoms with van der Waals surface area (Å²) in [6.45, 7) is 6.44. The van der Waals surface area contributed by atoms with Gasteiger partial charge >= 0.3 is 0 Å². The number of amides is 1. The van der Waals surface area contributed by atoms with Crippen LogP contribution in [0.4, 0.5) is 0 Å². The first-order valence-corrected chi connectivity index (χ1v) is 7.61. The van der Waals surface area contributed by atoms with Gasteiger partial charge in [0, 0.05) is 22.6 Å². The van der Waals surface area contributed by atoms with Crippen LogP contribution in [0.3, 0.4) is 0 Å². The molecule has 3 heteroatoms. The Morgan fingerprint density at radius 2 is 2.16 bits per heavy atom. The lowest BCUT2D eigenvalue weighted by Crippen LogP contribution is -2.38. The molecule has 0 unspecified atom stereocenters. The smallest absolute Gasteiger partial charge is 0.254 e. The van der Waals surface area contributed by atoms with Crippen LogP contribution in [0.5, 0.6) is 0 Å². The monoisotopic (exact) mass is 321 g/mol. The van der Waals surface area contributed by atoms with Gasteiger partial charge in [0.2, 0.25) is 0 Å². The highest BCUT2D eigenvalue weighted by molar-refractivity contribution is 9.10. The molecule has 0 aliphatic heterocycles. The minimum atomic E-state index is 0.118. The topological polar surface area (TPSA) is 20.3 Å². The normalized spacial score (nSPS) is 15.5. The van der Waals surface area contributed by atoms with Crippen LogP contribution in [0.15, 0.2) is 35.3 Å². The van der Waals surface area contributed by atoms with Crippen molar-refractivity contribution in [2.45, 2.75) is 38.6 Å². The van der Waals surface area contributed by atoms with Crippen molar-refractivity contribution in [2.75, 3.05) is 6.54 Å². The second kappa shape index (κ2) is 6.38. The molecule has 1 fully saturated rings. The lowest BCUT2D eigenvalue weighted by Gasteiger charge is -2.28. The van der Waals surface area contributed by atoms with Crippen LogP contribution in [-0.4, -0.2) is 23.4 Å². The fourth-order valence-electron chi connectivity index (χ4n) is 2.64. The van der Waals surface area contributed by atoms with Crippen molar-refractivity contribution in [1.82, 2.24) is 4.90 Å². The molecule has 0 atom stereocenters. The Hall–Kier alpha value is -1.09. The van der Waals surface area contributed by atoms with Crippen LogP contribution in [0.2, 0.25) is 0 Å². The molecule has 2 rings (SSSR count). The van der Waals surface area contributed by atoms with Crippen LogP contribution in [-0.2, 0) is 0 Å². The molecule has 1 saturated carbocycles. The first-order chi connectivity index (χ1) is 9.13. The summed E-state index contributed by atoms with van der Waals surface area (Å²) in [5.41, 5.74) is 1.90. The standard InChI is InChI=1S/C16H20BrNO/c1-3-10-18(14-6-4-5-7-14)16(19)13-9-8-12(2)15(17)11-13/h3,8-9,11,14H,1,4-7,10H2,2H3. The van der Waals surface area contributed by atoms with Crippen LogP contribution in [0, 0.1) is 6.92 Å². The van der Waals surface area contributed by atoms with Gasteiger partial charge in [-0.15, -0.1) is 6.58 Å². The number of hydrogen-bond donors (Lipinski definition) is 0. The number of benzene rings is 1. The second-order valence-electron chi connectivity index (χ2n) is 5.15. The van der Waals surface area contributed by atoms with Crippen molar-refractivity contribution in [3.8, 4) is 0 Å². The number of rotatable bonds is 4. The van der Waals surface area contributed by atoms with Crippen LogP contribution < -0.4 is 0 Å². The van der Waals surface area contributed by atoms with E-state index in [1.54, 1.807) is 0 Å².